The van der Waals surface area contributed by atoms with Gasteiger partial charge in [-0.2, -0.15) is 0 Å². The molecular formula is C18H27ClN2O. The van der Waals surface area contributed by atoms with Gasteiger partial charge in [0.1, 0.15) is 0 Å². The number of halogens is 1. The van der Waals surface area contributed by atoms with Crippen molar-refractivity contribution < 1.29 is 4.79 Å². The second-order valence-corrected chi connectivity index (χ2v) is 6.70. The Labute approximate surface area is 138 Å². The molecule has 1 aliphatic rings. The zero-order valence-electron chi connectivity index (χ0n) is 13.4. The van der Waals surface area contributed by atoms with Gasteiger partial charge in [-0.3, -0.25) is 4.79 Å². The van der Waals surface area contributed by atoms with E-state index in [1.54, 1.807) is 0 Å². The molecule has 2 N–H and O–H groups in total. The van der Waals surface area contributed by atoms with Crippen LogP contribution in [0.15, 0.2) is 24.3 Å². The maximum absolute atomic E-state index is 12.1. The van der Waals surface area contributed by atoms with Crippen LogP contribution in [-0.2, 0) is 4.79 Å². The SMILES string of the molecule is C[C@@H](NC(=O)CNC1CCCCCCC1)c1ccc(Cl)cc1. The van der Waals surface area contributed by atoms with E-state index < -0.39 is 0 Å². The van der Waals surface area contributed by atoms with Crippen LogP contribution in [0.5, 0.6) is 0 Å². The van der Waals surface area contributed by atoms with Crippen LogP contribution in [0, 0.1) is 0 Å². The summed E-state index contributed by atoms with van der Waals surface area (Å²) in [6, 6.07) is 8.12. The molecule has 3 nitrogen and oxygen atoms in total. The summed E-state index contributed by atoms with van der Waals surface area (Å²) in [6.45, 7) is 2.40. The van der Waals surface area contributed by atoms with Crippen LogP contribution in [0.1, 0.15) is 63.5 Å². The van der Waals surface area contributed by atoms with Crippen LogP contribution >= 0.6 is 11.6 Å². The predicted octanol–water partition coefficient (Wildman–Crippen LogP) is 4.22. The quantitative estimate of drug-likeness (QED) is 0.852. The summed E-state index contributed by atoms with van der Waals surface area (Å²) in [7, 11) is 0. The highest BCUT2D eigenvalue weighted by Gasteiger charge is 2.14. The molecule has 0 saturated heterocycles. The van der Waals surface area contributed by atoms with Crippen LogP contribution in [0.2, 0.25) is 5.02 Å². The number of benzene rings is 1. The maximum Gasteiger partial charge on any atom is 0.234 e. The summed E-state index contributed by atoms with van der Waals surface area (Å²) in [5.74, 6) is 0.0597. The molecular weight excluding hydrogens is 296 g/mol. The van der Waals surface area contributed by atoms with Gasteiger partial charge in [-0.1, -0.05) is 55.8 Å². The molecule has 1 aromatic rings. The standard InChI is InChI=1S/C18H27ClN2O/c1-14(15-9-11-16(19)12-10-15)21-18(22)13-20-17-7-5-3-2-4-6-8-17/h9-12,14,17,20H,2-8,13H2,1H3,(H,21,22)/t14-/m1/s1. The average molecular weight is 323 g/mol. The lowest BCUT2D eigenvalue weighted by molar-refractivity contribution is -0.121. The Bertz CT molecular complexity index is 453. The van der Waals surface area contributed by atoms with Crippen LogP contribution in [0.4, 0.5) is 0 Å². The Morgan fingerprint density at radius 3 is 2.36 bits per heavy atom. The van der Waals surface area contributed by atoms with E-state index in [1.165, 1.54) is 44.9 Å². The minimum absolute atomic E-state index is 0.00361. The van der Waals surface area contributed by atoms with Crippen molar-refractivity contribution in [2.45, 2.75) is 64.0 Å². The number of hydrogen-bond acceptors (Lipinski definition) is 2. The molecule has 1 amide bonds. The van der Waals surface area contributed by atoms with Gasteiger partial charge in [0.2, 0.25) is 5.91 Å². The number of carbonyl (C=O) groups is 1. The van der Waals surface area contributed by atoms with Gasteiger partial charge in [0.25, 0.3) is 0 Å². The van der Waals surface area contributed by atoms with Crippen molar-refractivity contribution in [1.82, 2.24) is 10.6 Å². The third kappa shape index (κ3) is 5.98. The van der Waals surface area contributed by atoms with Gasteiger partial charge in [-0.05, 0) is 37.5 Å². The first-order chi connectivity index (χ1) is 10.6. The summed E-state index contributed by atoms with van der Waals surface area (Å²) in [5.41, 5.74) is 1.07. The van der Waals surface area contributed by atoms with Crippen molar-refractivity contribution in [2.24, 2.45) is 0 Å². The average Bonchev–Trinajstić information content (AvgIpc) is 2.46. The fourth-order valence-corrected chi connectivity index (χ4v) is 3.15. The summed E-state index contributed by atoms with van der Waals surface area (Å²) in [6.07, 6.45) is 8.97. The molecule has 1 saturated carbocycles. The highest BCUT2D eigenvalue weighted by atomic mass is 35.5. The normalized spacial score (nSPS) is 18.3. The van der Waals surface area contributed by atoms with Gasteiger partial charge in [-0.15, -0.1) is 0 Å². The molecule has 0 radical (unpaired) electrons. The zero-order valence-corrected chi connectivity index (χ0v) is 14.2. The topological polar surface area (TPSA) is 41.1 Å². The minimum Gasteiger partial charge on any atom is -0.348 e. The van der Waals surface area contributed by atoms with E-state index in [1.807, 2.05) is 31.2 Å². The third-order valence-electron chi connectivity index (χ3n) is 4.40. The predicted molar refractivity (Wildman–Crippen MR) is 92.1 cm³/mol. The van der Waals surface area contributed by atoms with Gasteiger partial charge in [0.15, 0.2) is 0 Å². The maximum atomic E-state index is 12.1. The monoisotopic (exact) mass is 322 g/mol. The highest BCUT2D eigenvalue weighted by Crippen LogP contribution is 2.17. The van der Waals surface area contributed by atoms with Crippen LogP contribution in [0.3, 0.4) is 0 Å². The molecule has 4 heteroatoms. The van der Waals surface area contributed by atoms with E-state index in [4.69, 9.17) is 11.6 Å². The zero-order chi connectivity index (χ0) is 15.8. The van der Waals surface area contributed by atoms with Crippen molar-refractivity contribution in [3.8, 4) is 0 Å². The molecule has 0 aromatic heterocycles. The first-order valence-corrected chi connectivity index (χ1v) is 8.81. The van der Waals surface area contributed by atoms with Crippen molar-refractivity contribution in [3.63, 3.8) is 0 Å². The Morgan fingerprint density at radius 2 is 1.73 bits per heavy atom. The van der Waals surface area contributed by atoms with Crippen molar-refractivity contribution in [2.75, 3.05) is 6.54 Å². The number of nitrogens with one attached hydrogen (secondary N) is 2. The minimum atomic E-state index is 0.00361. The van der Waals surface area contributed by atoms with E-state index in [9.17, 15) is 4.79 Å². The molecule has 0 heterocycles. The first-order valence-electron chi connectivity index (χ1n) is 8.43. The fraction of sp³-hybridized carbons (Fsp3) is 0.611. The Kier molecular flexibility index (Phi) is 7.20. The van der Waals surface area contributed by atoms with E-state index in [-0.39, 0.29) is 11.9 Å². The van der Waals surface area contributed by atoms with E-state index in [0.717, 1.165) is 5.56 Å². The van der Waals surface area contributed by atoms with Crippen molar-refractivity contribution in [1.29, 1.82) is 0 Å². The molecule has 0 unspecified atom stereocenters. The highest BCUT2D eigenvalue weighted by molar-refractivity contribution is 6.30. The molecule has 0 bridgehead atoms. The molecule has 1 aliphatic carbocycles. The van der Waals surface area contributed by atoms with Crippen LogP contribution in [0.25, 0.3) is 0 Å². The lowest BCUT2D eigenvalue weighted by Crippen LogP contribution is -2.40. The van der Waals surface area contributed by atoms with Crippen LogP contribution in [-0.4, -0.2) is 18.5 Å². The van der Waals surface area contributed by atoms with E-state index >= 15 is 0 Å². The van der Waals surface area contributed by atoms with Crippen molar-refractivity contribution in [3.05, 3.63) is 34.9 Å². The van der Waals surface area contributed by atoms with Crippen molar-refractivity contribution >= 4 is 17.5 Å². The number of carbonyl (C=O) groups excluding carboxylic acids is 1. The molecule has 0 aliphatic heterocycles. The van der Waals surface area contributed by atoms with Gasteiger partial charge in [-0.25, -0.2) is 0 Å². The van der Waals surface area contributed by atoms with Gasteiger partial charge in [0, 0.05) is 11.1 Å². The molecule has 1 atom stereocenters. The molecule has 122 valence electrons. The summed E-state index contributed by atoms with van der Waals surface area (Å²) < 4.78 is 0. The first kappa shape index (κ1) is 17.3. The fourth-order valence-electron chi connectivity index (χ4n) is 3.02. The third-order valence-corrected chi connectivity index (χ3v) is 4.66. The van der Waals surface area contributed by atoms with Gasteiger partial charge < -0.3 is 10.6 Å². The molecule has 0 spiro atoms. The molecule has 2 rings (SSSR count). The van der Waals surface area contributed by atoms with Gasteiger partial charge in [0.05, 0.1) is 12.6 Å². The molecule has 1 fully saturated rings. The smallest absolute Gasteiger partial charge is 0.234 e. The van der Waals surface area contributed by atoms with E-state index in [2.05, 4.69) is 10.6 Å². The lowest BCUT2D eigenvalue weighted by Gasteiger charge is -2.21. The Hall–Kier alpha value is -1.06. The number of rotatable bonds is 5. The summed E-state index contributed by atoms with van der Waals surface area (Å²) >= 11 is 5.89. The Balaban J connectivity index is 1.73. The number of amides is 1. The largest absolute Gasteiger partial charge is 0.348 e. The summed E-state index contributed by atoms with van der Waals surface area (Å²) in [5, 5.41) is 7.18. The molecule has 22 heavy (non-hydrogen) atoms. The molecule has 1 aromatic carbocycles. The summed E-state index contributed by atoms with van der Waals surface area (Å²) in [4.78, 5) is 12.1. The second-order valence-electron chi connectivity index (χ2n) is 6.26. The lowest BCUT2D eigenvalue weighted by atomic mass is 9.97. The second kappa shape index (κ2) is 9.16. The van der Waals surface area contributed by atoms with E-state index in [0.29, 0.717) is 17.6 Å². The Morgan fingerprint density at radius 1 is 1.14 bits per heavy atom. The number of hydrogen-bond donors (Lipinski definition) is 2. The van der Waals surface area contributed by atoms with Gasteiger partial charge >= 0.3 is 0 Å². The van der Waals surface area contributed by atoms with Crippen LogP contribution < -0.4 is 10.6 Å².